The molecule has 0 radical (unpaired) electrons. The highest BCUT2D eigenvalue weighted by molar-refractivity contribution is 5.96. The summed E-state index contributed by atoms with van der Waals surface area (Å²) in [6.07, 6.45) is 0.197. The molecular weight excluding hydrogens is 330 g/mol. The molecule has 0 aliphatic heterocycles. The molecule has 2 aromatic carbocycles. The number of aryl methyl sites for hydroxylation is 1. The van der Waals surface area contributed by atoms with E-state index in [9.17, 15) is 14.7 Å². The van der Waals surface area contributed by atoms with Gasteiger partial charge in [0.1, 0.15) is 17.4 Å². The number of carbonyl (C=O) groups is 2. The number of carboxylic acid groups (broad SMARTS) is 1. The first-order valence-electron chi connectivity index (χ1n) is 8.52. The van der Waals surface area contributed by atoms with Crippen LogP contribution in [0, 0.1) is 6.92 Å². The fraction of sp³-hybridized carbons (Fsp3) is 0.333. The second-order valence-corrected chi connectivity index (χ2v) is 7.30. The molecule has 0 heterocycles. The lowest BCUT2D eigenvalue weighted by molar-refractivity contribution is -0.139. The summed E-state index contributed by atoms with van der Waals surface area (Å²) in [4.78, 5) is 23.9. The quantitative estimate of drug-likeness (QED) is 0.830. The molecule has 138 valence electrons. The minimum Gasteiger partial charge on any atom is -0.488 e. The third kappa shape index (κ3) is 5.92. The van der Waals surface area contributed by atoms with Gasteiger partial charge in [0.15, 0.2) is 0 Å². The number of carbonyl (C=O) groups excluding carboxylic acids is 1. The molecule has 2 aromatic rings. The first-order chi connectivity index (χ1) is 12.1. The van der Waals surface area contributed by atoms with Gasteiger partial charge in [0, 0.05) is 12.0 Å². The third-order valence-corrected chi connectivity index (χ3v) is 3.67. The van der Waals surface area contributed by atoms with E-state index in [0.717, 1.165) is 16.9 Å². The van der Waals surface area contributed by atoms with Gasteiger partial charge in [0.2, 0.25) is 0 Å². The van der Waals surface area contributed by atoms with Gasteiger partial charge in [-0.1, -0.05) is 29.8 Å². The van der Waals surface area contributed by atoms with E-state index >= 15 is 0 Å². The Morgan fingerprint density at radius 2 is 1.77 bits per heavy atom. The van der Waals surface area contributed by atoms with E-state index in [1.54, 1.807) is 18.2 Å². The molecule has 2 rings (SSSR count). The topological polar surface area (TPSA) is 75.6 Å². The van der Waals surface area contributed by atoms with Crippen LogP contribution in [0.4, 0.5) is 0 Å². The summed E-state index contributed by atoms with van der Waals surface area (Å²) < 4.78 is 5.76. The molecule has 5 heteroatoms. The Labute approximate surface area is 154 Å². The summed E-state index contributed by atoms with van der Waals surface area (Å²) in [5, 5.41) is 12.0. The Morgan fingerprint density at radius 1 is 1.12 bits per heavy atom. The van der Waals surface area contributed by atoms with Gasteiger partial charge >= 0.3 is 5.97 Å². The van der Waals surface area contributed by atoms with Gasteiger partial charge in [-0.3, -0.25) is 4.79 Å². The van der Waals surface area contributed by atoms with Crippen molar-refractivity contribution in [1.29, 1.82) is 0 Å². The molecule has 0 unspecified atom stereocenters. The number of amides is 1. The number of hydrogen-bond acceptors (Lipinski definition) is 3. The summed E-state index contributed by atoms with van der Waals surface area (Å²) in [7, 11) is 0. The van der Waals surface area contributed by atoms with Crippen LogP contribution in [-0.2, 0) is 11.2 Å². The number of aliphatic carboxylic acids is 1. The van der Waals surface area contributed by atoms with Crippen molar-refractivity contribution in [3.63, 3.8) is 0 Å². The molecular formula is C21H25NO4. The lowest BCUT2D eigenvalue weighted by Gasteiger charge is -2.21. The smallest absolute Gasteiger partial charge is 0.326 e. The molecule has 0 spiro atoms. The van der Waals surface area contributed by atoms with Crippen LogP contribution < -0.4 is 10.1 Å². The molecule has 2 N–H and O–H groups in total. The number of ether oxygens (including phenoxy) is 1. The fourth-order valence-corrected chi connectivity index (χ4v) is 2.51. The number of rotatable bonds is 6. The molecule has 1 amide bonds. The summed E-state index contributed by atoms with van der Waals surface area (Å²) in [5.41, 5.74) is 1.90. The van der Waals surface area contributed by atoms with Crippen LogP contribution in [0.3, 0.4) is 0 Å². The lowest BCUT2D eigenvalue weighted by Crippen LogP contribution is -2.42. The van der Waals surface area contributed by atoms with E-state index in [-0.39, 0.29) is 12.0 Å². The van der Waals surface area contributed by atoms with Crippen molar-refractivity contribution in [1.82, 2.24) is 5.32 Å². The van der Waals surface area contributed by atoms with Crippen molar-refractivity contribution in [2.75, 3.05) is 0 Å². The maximum absolute atomic E-state index is 12.3. The third-order valence-electron chi connectivity index (χ3n) is 3.67. The average Bonchev–Trinajstić information content (AvgIpc) is 2.54. The Kier molecular flexibility index (Phi) is 6.03. The molecule has 0 saturated heterocycles. The summed E-state index contributed by atoms with van der Waals surface area (Å²) in [6, 6.07) is 13.3. The van der Waals surface area contributed by atoms with Crippen molar-refractivity contribution >= 4 is 11.9 Å². The van der Waals surface area contributed by atoms with E-state index in [1.165, 1.54) is 0 Å². The van der Waals surface area contributed by atoms with Crippen molar-refractivity contribution in [3.05, 3.63) is 65.2 Å². The summed E-state index contributed by atoms with van der Waals surface area (Å²) in [5.74, 6) is -0.744. The van der Waals surface area contributed by atoms with Crippen LogP contribution in [0.15, 0.2) is 48.5 Å². The zero-order valence-electron chi connectivity index (χ0n) is 15.6. The van der Waals surface area contributed by atoms with E-state index < -0.39 is 17.9 Å². The maximum atomic E-state index is 12.3. The zero-order chi connectivity index (χ0) is 19.3. The first kappa shape index (κ1) is 19.5. The fourth-order valence-electron chi connectivity index (χ4n) is 2.51. The Morgan fingerprint density at radius 3 is 2.31 bits per heavy atom. The normalized spacial score (nSPS) is 12.3. The number of benzene rings is 2. The van der Waals surface area contributed by atoms with Gasteiger partial charge in [0.05, 0.1) is 0 Å². The molecule has 26 heavy (non-hydrogen) atoms. The van der Waals surface area contributed by atoms with E-state index in [1.807, 2.05) is 58.0 Å². The monoisotopic (exact) mass is 355 g/mol. The van der Waals surface area contributed by atoms with E-state index in [4.69, 9.17) is 4.74 Å². The van der Waals surface area contributed by atoms with Crippen LogP contribution in [0.25, 0.3) is 0 Å². The minimum absolute atomic E-state index is 0.197. The summed E-state index contributed by atoms with van der Waals surface area (Å²) >= 11 is 0. The highest BCUT2D eigenvalue weighted by Gasteiger charge is 2.21. The van der Waals surface area contributed by atoms with Crippen molar-refractivity contribution < 1.29 is 19.4 Å². The molecule has 5 nitrogen and oxygen atoms in total. The summed E-state index contributed by atoms with van der Waals surface area (Å²) in [6.45, 7) is 7.76. The molecule has 0 aliphatic carbocycles. The second kappa shape index (κ2) is 8.04. The predicted molar refractivity (Wildman–Crippen MR) is 101 cm³/mol. The minimum atomic E-state index is -1.07. The van der Waals surface area contributed by atoms with Gasteiger partial charge in [-0.05, 0) is 57.5 Å². The lowest BCUT2D eigenvalue weighted by atomic mass is 10.0. The molecule has 0 saturated carbocycles. The predicted octanol–water partition coefficient (Wildman–Crippen LogP) is 3.60. The highest BCUT2D eigenvalue weighted by atomic mass is 16.5. The number of carboxylic acids is 1. The molecule has 0 fully saturated rings. The Hall–Kier alpha value is -2.82. The Balaban J connectivity index is 2.06. The second-order valence-electron chi connectivity index (χ2n) is 7.30. The van der Waals surface area contributed by atoms with Crippen LogP contribution >= 0.6 is 0 Å². The van der Waals surface area contributed by atoms with Crippen LogP contribution in [0.2, 0.25) is 0 Å². The van der Waals surface area contributed by atoms with Crippen LogP contribution in [0.5, 0.6) is 5.75 Å². The first-order valence-corrected chi connectivity index (χ1v) is 8.52. The number of hydrogen-bond donors (Lipinski definition) is 2. The van der Waals surface area contributed by atoms with E-state index in [0.29, 0.717) is 5.56 Å². The number of nitrogens with one attached hydrogen (secondary N) is 1. The van der Waals surface area contributed by atoms with Crippen LogP contribution in [0.1, 0.15) is 42.3 Å². The zero-order valence-corrected chi connectivity index (χ0v) is 15.6. The molecule has 1 atom stereocenters. The average molecular weight is 355 g/mol. The Bertz CT molecular complexity index is 775. The van der Waals surface area contributed by atoms with Gasteiger partial charge < -0.3 is 15.2 Å². The highest BCUT2D eigenvalue weighted by Crippen LogP contribution is 2.19. The van der Waals surface area contributed by atoms with Gasteiger partial charge in [0.25, 0.3) is 5.91 Å². The van der Waals surface area contributed by atoms with Crippen molar-refractivity contribution in [2.24, 2.45) is 0 Å². The maximum Gasteiger partial charge on any atom is 0.326 e. The SMILES string of the molecule is Cc1cccc(C(=O)N[C@@H](Cc2ccc(OC(C)(C)C)cc2)C(=O)O)c1. The van der Waals surface area contributed by atoms with Gasteiger partial charge in [-0.2, -0.15) is 0 Å². The molecule has 0 aliphatic rings. The van der Waals surface area contributed by atoms with Gasteiger partial charge in [-0.25, -0.2) is 4.79 Å². The van der Waals surface area contributed by atoms with Crippen molar-refractivity contribution in [3.8, 4) is 5.75 Å². The standard InChI is InChI=1S/C21H25NO4/c1-14-6-5-7-16(12-14)19(23)22-18(20(24)25)13-15-8-10-17(11-9-15)26-21(2,3)4/h5-12,18H,13H2,1-4H3,(H,22,23)(H,24,25)/t18-/m0/s1. The molecule has 0 bridgehead atoms. The van der Waals surface area contributed by atoms with Gasteiger partial charge in [-0.15, -0.1) is 0 Å². The van der Waals surface area contributed by atoms with Crippen LogP contribution in [-0.4, -0.2) is 28.6 Å². The van der Waals surface area contributed by atoms with E-state index in [2.05, 4.69) is 5.32 Å². The van der Waals surface area contributed by atoms with Crippen molar-refractivity contribution in [2.45, 2.75) is 45.8 Å². The molecule has 0 aromatic heterocycles. The largest absolute Gasteiger partial charge is 0.488 e.